The second kappa shape index (κ2) is 7.67. The fourth-order valence-electron chi connectivity index (χ4n) is 3.29. The standard InChI is InChI=1S/C21H21N3O3S/c1-14-6-5-7-16(12-14)22-20-24(13-15(2)28-20)19(25)10-11-23-17-8-3-4-9-18(17)27-21(23)26/h3-9,12,15H,10-11,13H2,1-2H3. The lowest BCUT2D eigenvalue weighted by Crippen LogP contribution is -2.33. The van der Waals surface area contributed by atoms with Gasteiger partial charge in [0.2, 0.25) is 5.91 Å². The number of carbonyl (C=O) groups excluding carboxylic acids is 1. The van der Waals surface area contributed by atoms with Crippen molar-refractivity contribution in [3.63, 3.8) is 0 Å². The smallest absolute Gasteiger partial charge is 0.408 e. The van der Waals surface area contributed by atoms with E-state index in [1.807, 2.05) is 49.4 Å². The van der Waals surface area contributed by atoms with E-state index in [0.29, 0.717) is 22.8 Å². The van der Waals surface area contributed by atoms with E-state index < -0.39 is 5.76 Å². The van der Waals surface area contributed by atoms with E-state index in [2.05, 4.69) is 11.9 Å². The number of hydrogen-bond donors (Lipinski definition) is 0. The zero-order valence-corrected chi connectivity index (χ0v) is 16.6. The van der Waals surface area contributed by atoms with Crippen LogP contribution in [0, 0.1) is 6.92 Å². The molecule has 1 saturated heterocycles. The number of nitrogens with zero attached hydrogens (tertiary/aromatic N) is 3. The highest BCUT2D eigenvalue weighted by Crippen LogP contribution is 2.29. The van der Waals surface area contributed by atoms with E-state index in [-0.39, 0.29) is 24.1 Å². The van der Waals surface area contributed by atoms with Crippen LogP contribution in [0.1, 0.15) is 18.9 Å². The van der Waals surface area contributed by atoms with Crippen LogP contribution in [0.15, 0.2) is 62.7 Å². The minimum atomic E-state index is -0.438. The summed E-state index contributed by atoms with van der Waals surface area (Å²) in [5.74, 6) is -0.479. The normalized spacial score (nSPS) is 18.3. The Balaban J connectivity index is 1.53. The molecule has 7 heteroatoms. The molecule has 2 aromatic carbocycles. The van der Waals surface area contributed by atoms with Crippen molar-refractivity contribution in [2.45, 2.75) is 32.1 Å². The first-order valence-electron chi connectivity index (χ1n) is 9.22. The zero-order valence-electron chi connectivity index (χ0n) is 15.8. The van der Waals surface area contributed by atoms with Crippen LogP contribution in [0.5, 0.6) is 0 Å². The monoisotopic (exact) mass is 395 g/mol. The molecule has 3 aromatic rings. The van der Waals surface area contributed by atoms with Gasteiger partial charge in [0.05, 0.1) is 11.2 Å². The van der Waals surface area contributed by atoms with Gasteiger partial charge in [-0.1, -0.05) is 43.0 Å². The van der Waals surface area contributed by atoms with Gasteiger partial charge in [0.25, 0.3) is 0 Å². The number of hydrogen-bond acceptors (Lipinski definition) is 5. The van der Waals surface area contributed by atoms with Gasteiger partial charge in [-0.2, -0.15) is 0 Å². The molecule has 1 amide bonds. The summed E-state index contributed by atoms with van der Waals surface area (Å²) in [6.07, 6.45) is 0.212. The van der Waals surface area contributed by atoms with E-state index in [1.54, 1.807) is 22.7 Å². The highest BCUT2D eigenvalue weighted by Gasteiger charge is 2.30. The lowest BCUT2D eigenvalue weighted by molar-refractivity contribution is -0.127. The van der Waals surface area contributed by atoms with Crippen LogP contribution in [0.25, 0.3) is 11.1 Å². The third-order valence-corrected chi connectivity index (χ3v) is 5.70. The molecule has 2 heterocycles. The fourth-order valence-corrected chi connectivity index (χ4v) is 4.33. The summed E-state index contributed by atoms with van der Waals surface area (Å²) in [6.45, 7) is 5.00. The first-order chi connectivity index (χ1) is 13.5. The number of amidine groups is 1. The van der Waals surface area contributed by atoms with Crippen LogP contribution in [0.2, 0.25) is 0 Å². The summed E-state index contributed by atoms with van der Waals surface area (Å²) < 4.78 is 6.75. The lowest BCUT2D eigenvalue weighted by Gasteiger charge is -2.16. The van der Waals surface area contributed by atoms with Gasteiger partial charge >= 0.3 is 5.76 Å². The maximum Gasteiger partial charge on any atom is 0.419 e. The van der Waals surface area contributed by atoms with Crippen LogP contribution in [0.3, 0.4) is 0 Å². The van der Waals surface area contributed by atoms with Crippen molar-refractivity contribution < 1.29 is 9.21 Å². The van der Waals surface area contributed by atoms with Gasteiger partial charge < -0.3 is 4.42 Å². The molecule has 0 bridgehead atoms. The van der Waals surface area contributed by atoms with E-state index in [1.165, 1.54) is 4.57 Å². The van der Waals surface area contributed by atoms with E-state index in [0.717, 1.165) is 11.3 Å². The quantitative estimate of drug-likeness (QED) is 0.671. The van der Waals surface area contributed by atoms with Gasteiger partial charge in [-0.05, 0) is 36.8 Å². The van der Waals surface area contributed by atoms with Gasteiger partial charge in [-0.15, -0.1) is 0 Å². The average Bonchev–Trinajstić information content (AvgIpc) is 3.18. The number of para-hydroxylation sites is 2. The number of thioether (sulfide) groups is 1. The average molecular weight is 395 g/mol. The third kappa shape index (κ3) is 3.75. The Morgan fingerprint density at radius 1 is 1.25 bits per heavy atom. The van der Waals surface area contributed by atoms with Crippen LogP contribution < -0.4 is 5.76 Å². The van der Waals surface area contributed by atoms with Gasteiger partial charge in [0.1, 0.15) is 0 Å². The van der Waals surface area contributed by atoms with Crippen LogP contribution in [0.4, 0.5) is 5.69 Å². The van der Waals surface area contributed by atoms with Crippen molar-refractivity contribution in [3.05, 3.63) is 64.6 Å². The summed E-state index contributed by atoms with van der Waals surface area (Å²) in [7, 11) is 0. The number of oxazole rings is 1. The summed E-state index contributed by atoms with van der Waals surface area (Å²) in [4.78, 5) is 31.4. The molecule has 6 nitrogen and oxygen atoms in total. The number of aliphatic imine (C=N–C) groups is 1. The zero-order chi connectivity index (χ0) is 19.7. The van der Waals surface area contributed by atoms with Gasteiger partial charge in [0, 0.05) is 24.8 Å². The molecular formula is C21H21N3O3S. The molecule has 144 valence electrons. The summed E-state index contributed by atoms with van der Waals surface area (Å²) in [5, 5.41) is 0.998. The van der Waals surface area contributed by atoms with Crippen molar-refractivity contribution in [1.82, 2.24) is 9.47 Å². The summed E-state index contributed by atoms with van der Waals surface area (Å²) >= 11 is 1.60. The predicted octanol–water partition coefficient (Wildman–Crippen LogP) is 3.94. The molecule has 1 aromatic heterocycles. The van der Waals surface area contributed by atoms with Gasteiger partial charge in [-0.25, -0.2) is 9.79 Å². The molecule has 1 aliphatic heterocycles. The molecule has 28 heavy (non-hydrogen) atoms. The number of rotatable bonds is 4. The minimum absolute atomic E-state index is 0.0413. The largest absolute Gasteiger partial charge is 0.419 e. The third-order valence-electron chi connectivity index (χ3n) is 4.63. The fraction of sp³-hybridized carbons (Fsp3) is 0.286. The SMILES string of the molecule is Cc1cccc(N=C2SC(C)CN2C(=O)CCn2c(=O)oc3ccccc32)c1. The number of amides is 1. The second-order valence-electron chi connectivity index (χ2n) is 6.90. The Labute approximate surface area is 166 Å². The Morgan fingerprint density at radius 2 is 2.07 bits per heavy atom. The maximum atomic E-state index is 12.9. The number of aromatic nitrogens is 1. The minimum Gasteiger partial charge on any atom is -0.408 e. The second-order valence-corrected chi connectivity index (χ2v) is 8.31. The van der Waals surface area contributed by atoms with Crippen LogP contribution in [-0.2, 0) is 11.3 Å². The van der Waals surface area contributed by atoms with Gasteiger partial charge in [0.15, 0.2) is 10.8 Å². The topological polar surface area (TPSA) is 67.8 Å². The van der Waals surface area contributed by atoms with Crippen molar-refractivity contribution >= 4 is 39.6 Å². The molecule has 1 unspecified atom stereocenters. The molecule has 0 spiro atoms. The Kier molecular flexibility index (Phi) is 5.09. The lowest BCUT2D eigenvalue weighted by atomic mass is 10.2. The molecule has 1 atom stereocenters. The Bertz CT molecular complexity index is 1120. The Morgan fingerprint density at radius 3 is 2.89 bits per heavy atom. The number of carbonyl (C=O) groups is 1. The van der Waals surface area contributed by atoms with Crippen molar-refractivity contribution in [1.29, 1.82) is 0 Å². The molecule has 0 saturated carbocycles. The summed E-state index contributed by atoms with van der Waals surface area (Å²) in [6, 6.07) is 15.1. The number of aryl methyl sites for hydroxylation is 2. The first kappa shape index (κ1) is 18.6. The van der Waals surface area contributed by atoms with E-state index >= 15 is 0 Å². The molecule has 1 aliphatic rings. The number of fused-ring (bicyclic) bond motifs is 1. The maximum absolute atomic E-state index is 12.9. The van der Waals surface area contributed by atoms with E-state index in [9.17, 15) is 9.59 Å². The number of benzene rings is 2. The van der Waals surface area contributed by atoms with Crippen LogP contribution >= 0.6 is 11.8 Å². The Hall–Kier alpha value is -2.80. The van der Waals surface area contributed by atoms with Crippen molar-refractivity contribution in [3.8, 4) is 0 Å². The van der Waals surface area contributed by atoms with Crippen molar-refractivity contribution in [2.75, 3.05) is 6.54 Å². The molecule has 1 fully saturated rings. The van der Waals surface area contributed by atoms with E-state index in [4.69, 9.17) is 4.42 Å². The van der Waals surface area contributed by atoms with Crippen LogP contribution in [-0.4, -0.2) is 32.3 Å². The highest BCUT2D eigenvalue weighted by atomic mass is 32.2. The van der Waals surface area contributed by atoms with Gasteiger partial charge in [-0.3, -0.25) is 14.3 Å². The first-order valence-corrected chi connectivity index (χ1v) is 10.1. The summed E-state index contributed by atoms with van der Waals surface area (Å²) in [5.41, 5.74) is 3.21. The molecule has 0 aliphatic carbocycles. The molecule has 0 radical (unpaired) electrons. The predicted molar refractivity (Wildman–Crippen MR) is 112 cm³/mol. The highest BCUT2D eigenvalue weighted by molar-refractivity contribution is 8.14. The molecule has 4 rings (SSSR count). The molecule has 0 N–H and O–H groups in total. The molecular weight excluding hydrogens is 374 g/mol. The van der Waals surface area contributed by atoms with Crippen molar-refractivity contribution in [2.24, 2.45) is 4.99 Å².